The minimum Gasteiger partial charge on any atom is -0.462 e. The van der Waals surface area contributed by atoms with Crippen LogP contribution in [0.2, 0.25) is 0 Å². The molecule has 4 heteroatoms. The minimum atomic E-state index is -0.391. The van der Waals surface area contributed by atoms with Crippen molar-refractivity contribution in [3.05, 3.63) is 69.9 Å². The van der Waals surface area contributed by atoms with Crippen molar-refractivity contribution in [1.82, 2.24) is 0 Å². The lowest BCUT2D eigenvalue weighted by molar-refractivity contribution is 0.0526. The third kappa shape index (κ3) is 3.47. The van der Waals surface area contributed by atoms with Crippen molar-refractivity contribution in [3.8, 4) is 0 Å². The first-order valence-corrected chi connectivity index (χ1v) is 7.49. The average molecular weight is 300 g/mol. The van der Waals surface area contributed by atoms with Crippen LogP contribution in [0.15, 0.2) is 49.1 Å². The van der Waals surface area contributed by atoms with E-state index in [9.17, 15) is 9.59 Å². The van der Waals surface area contributed by atoms with Crippen molar-refractivity contribution in [2.75, 3.05) is 6.61 Å². The molecular formula is C17H16O3S. The fraction of sp³-hybridized carbons (Fsp3) is 0.176. The Balaban J connectivity index is 2.37. The van der Waals surface area contributed by atoms with Gasteiger partial charge in [-0.1, -0.05) is 36.4 Å². The molecule has 108 valence electrons. The highest BCUT2D eigenvalue weighted by molar-refractivity contribution is 7.14. The second-order valence-electron chi connectivity index (χ2n) is 4.36. The molecule has 0 aliphatic rings. The number of hydrogen-bond acceptors (Lipinski definition) is 4. The Bertz CT molecular complexity index is 656. The van der Waals surface area contributed by atoms with E-state index in [2.05, 4.69) is 6.58 Å². The minimum absolute atomic E-state index is 0.0820. The molecule has 0 radical (unpaired) electrons. The number of esters is 1. The standard InChI is InChI=1S/C17H16O3S/c1-3-8-14-13(17(19)20-4-2)11-15(21-14)16(18)12-9-6-5-7-10-12/h3,5-7,9-11H,1,4,8H2,2H3. The Hall–Kier alpha value is -2.20. The zero-order valence-electron chi connectivity index (χ0n) is 11.8. The maximum absolute atomic E-state index is 12.4. The Morgan fingerprint density at radius 2 is 2.00 bits per heavy atom. The Morgan fingerprint density at radius 1 is 1.29 bits per heavy atom. The van der Waals surface area contributed by atoms with Gasteiger partial charge in [-0.05, 0) is 13.0 Å². The fourth-order valence-corrected chi connectivity index (χ4v) is 3.04. The highest BCUT2D eigenvalue weighted by atomic mass is 32.1. The first kappa shape index (κ1) is 15.2. The maximum atomic E-state index is 12.4. The first-order valence-electron chi connectivity index (χ1n) is 6.67. The van der Waals surface area contributed by atoms with Crippen molar-refractivity contribution in [3.63, 3.8) is 0 Å². The van der Waals surface area contributed by atoms with Gasteiger partial charge in [0.15, 0.2) is 0 Å². The van der Waals surface area contributed by atoms with Crippen molar-refractivity contribution < 1.29 is 14.3 Å². The topological polar surface area (TPSA) is 43.4 Å². The molecule has 0 N–H and O–H groups in total. The average Bonchev–Trinajstić information content (AvgIpc) is 2.92. The third-order valence-electron chi connectivity index (χ3n) is 2.89. The molecule has 1 aromatic heterocycles. The molecule has 0 aliphatic heterocycles. The van der Waals surface area contributed by atoms with Crippen LogP contribution >= 0.6 is 11.3 Å². The molecule has 0 atom stereocenters. The van der Waals surface area contributed by atoms with E-state index in [1.165, 1.54) is 11.3 Å². The van der Waals surface area contributed by atoms with E-state index >= 15 is 0 Å². The van der Waals surface area contributed by atoms with Crippen LogP contribution in [0.3, 0.4) is 0 Å². The molecule has 0 bridgehead atoms. The number of ether oxygens (including phenoxy) is 1. The molecule has 2 aromatic rings. The second kappa shape index (κ2) is 6.99. The van der Waals surface area contributed by atoms with Crippen LogP contribution in [0.4, 0.5) is 0 Å². The monoisotopic (exact) mass is 300 g/mol. The molecule has 0 unspecified atom stereocenters. The molecule has 0 fully saturated rings. The van der Waals surface area contributed by atoms with Gasteiger partial charge in [-0.15, -0.1) is 17.9 Å². The number of hydrogen-bond donors (Lipinski definition) is 0. The number of ketones is 1. The van der Waals surface area contributed by atoms with Crippen LogP contribution < -0.4 is 0 Å². The van der Waals surface area contributed by atoms with Crippen LogP contribution in [0.1, 0.15) is 37.4 Å². The molecule has 1 aromatic carbocycles. The van der Waals surface area contributed by atoms with Crippen LogP contribution in [-0.2, 0) is 11.2 Å². The molecule has 0 saturated heterocycles. The van der Waals surface area contributed by atoms with Gasteiger partial charge in [0.05, 0.1) is 17.0 Å². The highest BCUT2D eigenvalue weighted by Gasteiger charge is 2.20. The van der Waals surface area contributed by atoms with Gasteiger partial charge in [0.1, 0.15) is 0 Å². The van der Waals surface area contributed by atoms with Crippen LogP contribution in [0.5, 0.6) is 0 Å². The SMILES string of the molecule is C=CCc1sc(C(=O)c2ccccc2)cc1C(=O)OCC. The fourth-order valence-electron chi connectivity index (χ4n) is 1.94. The molecule has 1 heterocycles. The van der Waals surface area contributed by atoms with Gasteiger partial charge in [-0.3, -0.25) is 4.79 Å². The number of rotatable bonds is 6. The normalized spacial score (nSPS) is 10.1. The predicted octanol–water partition coefficient (Wildman–Crippen LogP) is 3.88. The molecule has 21 heavy (non-hydrogen) atoms. The summed E-state index contributed by atoms with van der Waals surface area (Å²) in [5, 5.41) is 0. The lowest BCUT2D eigenvalue weighted by Gasteiger charge is -2.00. The maximum Gasteiger partial charge on any atom is 0.339 e. The Labute approximate surface area is 127 Å². The Morgan fingerprint density at radius 3 is 2.62 bits per heavy atom. The van der Waals surface area contributed by atoms with E-state index in [1.54, 1.807) is 31.2 Å². The van der Waals surface area contributed by atoms with E-state index < -0.39 is 5.97 Å². The molecule has 0 aliphatic carbocycles. The van der Waals surface area contributed by atoms with E-state index in [4.69, 9.17) is 4.74 Å². The lowest BCUT2D eigenvalue weighted by atomic mass is 10.1. The lowest BCUT2D eigenvalue weighted by Crippen LogP contribution is -2.05. The summed E-state index contributed by atoms with van der Waals surface area (Å²) in [7, 11) is 0. The predicted molar refractivity (Wildman–Crippen MR) is 84.1 cm³/mol. The van der Waals surface area contributed by atoms with Gasteiger partial charge in [-0.25, -0.2) is 4.79 Å². The highest BCUT2D eigenvalue weighted by Crippen LogP contribution is 2.26. The van der Waals surface area contributed by atoms with Gasteiger partial charge < -0.3 is 4.74 Å². The zero-order valence-corrected chi connectivity index (χ0v) is 12.6. The third-order valence-corrected chi connectivity index (χ3v) is 4.05. The van der Waals surface area contributed by atoms with E-state index in [-0.39, 0.29) is 5.78 Å². The van der Waals surface area contributed by atoms with E-state index in [0.717, 1.165) is 4.88 Å². The summed E-state index contributed by atoms with van der Waals surface area (Å²) in [5.41, 5.74) is 1.07. The summed E-state index contributed by atoms with van der Waals surface area (Å²) in [5.74, 6) is -0.473. The van der Waals surface area contributed by atoms with Gasteiger partial charge in [0.25, 0.3) is 0 Å². The molecule has 3 nitrogen and oxygen atoms in total. The Kier molecular flexibility index (Phi) is 5.06. The summed E-state index contributed by atoms with van der Waals surface area (Å²) in [6.45, 7) is 5.75. The number of thiophene rings is 1. The summed E-state index contributed by atoms with van der Waals surface area (Å²) in [6.07, 6.45) is 2.26. The first-order chi connectivity index (χ1) is 10.2. The number of carbonyl (C=O) groups is 2. The van der Waals surface area contributed by atoms with Crippen molar-refractivity contribution in [2.24, 2.45) is 0 Å². The van der Waals surface area contributed by atoms with Crippen LogP contribution in [-0.4, -0.2) is 18.4 Å². The van der Waals surface area contributed by atoms with Gasteiger partial charge in [0, 0.05) is 16.9 Å². The summed E-state index contributed by atoms with van der Waals surface area (Å²) in [4.78, 5) is 25.7. The quantitative estimate of drug-likeness (QED) is 0.462. The van der Waals surface area contributed by atoms with E-state index in [0.29, 0.717) is 29.0 Å². The molecule has 0 saturated carbocycles. The van der Waals surface area contributed by atoms with Crippen LogP contribution in [0.25, 0.3) is 0 Å². The van der Waals surface area contributed by atoms with Crippen molar-refractivity contribution in [2.45, 2.75) is 13.3 Å². The summed E-state index contributed by atoms with van der Waals surface area (Å²) >= 11 is 1.32. The van der Waals surface area contributed by atoms with E-state index in [1.807, 2.05) is 18.2 Å². The number of carbonyl (C=O) groups excluding carboxylic acids is 2. The second-order valence-corrected chi connectivity index (χ2v) is 5.49. The molecule has 0 spiro atoms. The molecular weight excluding hydrogens is 284 g/mol. The zero-order chi connectivity index (χ0) is 15.2. The molecule has 0 amide bonds. The van der Waals surface area contributed by atoms with Gasteiger partial charge in [0.2, 0.25) is 5.78 Å². The molecule has 2 rings (SSSR count). The van der Waals surface area contributed by atoms with Gasteiger partial charge in [-0.2, -0.15) is 0 Å². The van der Waals surface area contributed by atoms with Crippen molar-refractivity contribution in [1.29, 1.82) is 0 Å². The van der Waals surface area contributed by atoms with Gasteiger partial charge >= 0.3 is 5.97 Å². The number of benzene rings is 1. The van der Waals surface area contributed by atoms with Crippen LogP contribution in [0, 0.1) is 0 Å². The summed E-state index contributed by atoms with van der Waals surface area (Å²) < 4.78 is 5.04. The van der Waals surface area contributed by atoms with Crippen molar-refractivity contribution >= 4 is 23.1 Å². The smallest absolute Gasteiger partial charge is 0.339 e. The number of allylic oxidation sites excluding steroid dienone is 1. The largest absolute Gasteiger partial charge is 0.462 e. The summed E-state index contributed by atoms with van der Waals surface area (Å²) in [6, 6.07) is 10.6.